The van der Waals surface area contributed by atoms with Crippen molar-refractivity contribution in [1.29, 1.82) is 0 Å². The molecule has 0 amide bonds. The molecule has 2 N–H and O–H groups in total. The Balaban J connectivity index is 1.94. The summed E-state index contributed by atoms with van der Waals surface area (Å²) in [6.07, 6.45) is 1.63. The molecule has 2 unspecified atom stereocenters. The van der Waals surface area contributed by atoms with Crippen LogP contribution in [-0.4, -0.2) is 31.4 Å². The normalized spacial score (nSPS) is 30.7. The van der Waals surface area contributed by atoms with Gasteiger partial charge in [0.25, 0.3) is 0 Å². The maximum atomic E-state index is 10.9. The summed E-state index contributed by atoms with van der Waals surface area (Å²) >= 11 is 0. The predicted molar refractivity (Wildman–Crippen MR) is 72.6 cm³/mol. The minimum absolute atomic E-state index is 0.186. The van der Waals surface area contributed by atoms with E-state index in [-0.39, 0.29) is 5.92 Å². The molecule has 2 aliphatic heterocycles. The molecule has 0 saturated carbocycles. The van der Waals surface area contributed by atoms with Crippen LogP contribution in [0.4, 0.5) is 0 Å². The first kappa shape index (κ1) is 12.8. The lowest BCUT2D eigenvalue weighted by molar-refractivity contribution is -0.0393. The molecule has 2 aliphatic rings. The fourth-order valence-corrected chi connectivity index (χ4v) is 2.87. The topological polar surface area (TPSA) is 50.7 Å². The molecule has 2 atom stereocenters. The van der Waals surface area contributed by atoms with Crippen LogP contribution in [0.2, 0.25) is 0 Å². The molecule has 0 spiro atoms. The fraction of sp³-hybridized carbons (Fsp3) is 0.600. The monoisotopic (exact) mass is 263 g/mol. The Morgan fingerprint density at radius 2 is 2.05 bits per heavy atom. The van der Waals surface area contributed by atoms with Gasteiger partial charge < -0.3 is 19.9 Å². The van der Waals surface area contributed by atoms with Gasteiger partial charge in [-0.2, -0.15) is 0 Å². The Bertz CT molecular complexity index is 463. The van der Waals surface area contributed by atoms with Crippen molar-refractivity contribution in [3.8, 4) is 11.5 Å². The molecular weight excluding hydrogens is 242 g/mol. The van der Waals surface area contributed by atoms with Crippen molar-refractivity contribution < 1.29 is 14.6 Å². The zero-order valence-electron chi connectivity index (χ0n) is 11.3. The van der Waals surface area contributed by atoms with Crippen LogP contribution >= 0.6 is 0 Å². The molecule has 0 radical (unpaired) electrons. The van der Waals surface area contributed by atoms with Crippen LogP contribution in [-0.2, 0) is 5.60 Å². The smallest absolute Gasteiger partial charge is 0.161 e. The Hall–Kier alpha value is -1.26. The largest absolute Gasteiger partial charge is 0.490 e. The summed E-state index contributed by atoms with van der Waals surface area (Å²) in [6, 6.07) is 5.83. The molecule has 0 aromatic heterocycles. The molecule has 1 aromatic rings. The Morgan fingerprint density at radius 3 is 2.84 bits per heavy atom. The van der Waals surface area contributed by atoms with Crippen molar-refractivity contribution in [2.24, 2.45) is 5.92 Å². The molecule has 1 aromatic carbocycles. The van der Waals surface area contributed by atoms with Crippen molar-refractivity contribution in [3.63, 3.8) is 0 Å². The Labute approximate surface area is 113 Å². The molecule has 1 fully saturated rings. The predicted octanol–water partition coefficient (Wildman–Crippen LogP) is 1.66. The first-order valence-electron chi connectivity index (χ1n) is 7.03. The molecule has 4 heteroatoms. The molecule has 4 nitrogen and oxygen atoms in total. The highest BCUT2D eigenvalue weighted by atomic mass is 16.5. The van der Waals surface area contributed by atoms with Gasteiger partial charge >= 0.3 is 0 Å². The lowest BCUT2D eigenvalue weighted by Crippen LogP contribution is -2.46. The van der Waals surface area contributed by atoms with E-state index in [1.807, 2.05) is 18.2 Å². The highest BCUT2D eigenvalue weighted by Gasteiger charge is 2.38. The summed E-state index contributed by atoms with van der Waals surface area (Å²) in [5, 5.41) is 14.3. The van der Waals surface area contributed by atoms with Gasteiger partial charge in [-0.3, -0.25) is 0 Å². The lowest BCUT2D eigenvalue weighted by atomic mass is 9.77. The maximum Gasteiger partial charge on any atom is 0.161 e. The quantitative estimate of drug-likeness (QED) is 0.809. The van der Waals surface area contributed by atoms with Gasteiger partial charge in [0, 0.05) is 18.9 Å². The van der Waals surface area contributed by atoms with E-state index in [9.17, 15) is 5.11 Å². The Morgan fingerprint density at radius 1 is 1.26 bits per heavy atom. The van der Waals surface area contributed by atoms with Crippen LogP contribution in [0.3, 0.4) is 0 Å². The summed E-state index contributed by atoms with van der Waals surface area (Å²) < 4.78 is 11.3. The van der Waals surface area contributed by atoms with E-state index in [2.05, 4.69) is 12.2 Å². The van der Waals surface area contributed by atoms with Crippen molar-refractivity contribution >= 4 is 0 Å². The number of fused-ring (bicyclic) bond motifs is 1. The van der Waals surface area contributed by atoms with Crippen molar-refractivity contribution in [3.05, 3.63) is 23.8 Å². The summed E-state index contributed by atoms with van der Waals surface area (Å²) in [5.74, 6) is 1.73. The van der Waals surface area contributed by atoms with Crippen LogP contribution in [0, 0.1) is 5.92 Å². The van der Waals surface area contributed by atoms with E-state index in [0.29, 0.717) is 13.2 Å². The van der Waals surface area contributed by atoms with E-state index in [4.69, 9.17) is 9.47 Å². The second-order valence-corrected chi connectivity index (χ2v) is 5.49. The molecule has 104 valence electrons. The van der Waals surface area contributed by atoms with Crippen molar-refractivity contribution in [2.75, 3.05) is 26.3 Å². The summed E-state index contributed by atoms with van der Waals surface area (Å²) in [6.45, 7) is 5.12. The average molecular weight is 263 g/mol. The van der Waals surface area contributed by atoms with Crippen LogP contribution in [0.1, 0.15) is 25.3 Å². The van der Waals surface area contributed by atoms with Gasteiger partial charge in [0.1, 0.15) is 0 Å². The number of benzene rings is 1. The van der Waals surface area contributed by atoms with E-state index in [0.717, 1.165) is 43.0 Å². The first-order chi connectivity index (χ1) is 9.20. The summed E-state index contributed by atoms with van der Waals surface area (Å²) in [5.41, 5.74) is 0.168. The van der Waals surface area contributed by atoms with E-state index >= 15 is 0 Å². The molecule has 3 rings (SSSR count). The zero-order chi connectivity index (χ0) is 13.3. The third-order valence-corrected chi connectivity index (χ3v) is 4.20. The van der Waals surface area contributed by atoms with E-state index in [1.54, 1.807) is 0 Å². The van der Waals surface area contributed by atoms with Crippen LogP contribution in [0.25, 0.3) is 0 Å². The molecule has 2 heterocycles. The van der Waals surface area contributed by atoms with Gasteiger partial charge in [-0.25, -0.2) is 0 Å². The SMILES string of the molecule is CC1CNCCC1(O)c1ccc2c(c1)OCCCO2. The van der Waals surface area contributed by atoms with Gasteiger partial charge in [0.2, 0.25) is 0 Å². The van der Waals surface area contributed by atoms with Crippen LogP contribution < -0.4 is 14.8 Å². The van der Waals surface area contributed by atoms with Crippen LogP contribution in [0.5, 0.6) is 11.5 Å². The molecule has 19 heavy (non-hydrogen) atoms. The first-order valence-corrected chi connectivity index (χ1v) is 7.03. The molecule has 0 aliphatic carbocycles. The second kappa shape index (κ2) is 5.02. The summed E-state index contributed by atoms with van der Waals surface area (Å²) in [7, 11) is 0. The minimum Gasteiger partial charge on any atom is -0.490 e. The molecule has 0 bridgehead atoms. The minimum atomic E-state index is -0.768. The van der Waals surface area contributed by atoms with E-state index in [1.165, 1.54) is 0 Å². The van der Waals surface area contributed by atoms with Gasteiger partial charge in [-0.15, -0.1) is 0 Å². The number of hydrogen-bond donors (Lipinski definition) is 2. The Kier molecular flexibility index (Phi) is 3.37. The third kappa shape index (κ3) is 2.30. The fourth-order valence-electron chi connectivity index (χ4n) is 2.87. The number of nitrogens with one attached hydrogen (secondary N) is 1. The second-order valence-electron chi connectivity index (χ2n) is 5.49. The van der Waals surface area contributed by atoms with E-state index < -0.39 is 5.60 Å². The zero-order valence-corrected chi connectivity index (χ0v) is 11.3. The number of hydrogen-bond acceptors (Lipinski definition) is 4. The van der Waals surface area contributed by atoms with Gasteiger partial charge in [0.05, 0.1) is 18.8 Å². The summed E-state index contributed by atoms with van der Waals surface area (Å²) in [4.78, 5) is 0. The van der Waals surface area contributed by atoms with Gasteiger partial charge in [-0.1, -0.05) is 13.0 Å². The standard InChI is InChI=1S/C15H21NO3/c1-11-10-16-6-5-15(11,17)12-3-4-13-14(9-12)19-8-2-7-18-13/h3-4,9,11,16-17H,2,5-8,10H2,1H3. The number of aliphatic hydroxyl groups is 1. The van der Waals surface area contributed by atoms with Crippen LogP contribution in [0.15, 0.2) is 18.2 Å². The average Bonchev–Trinajstić information content (AvgIpc) is 2.66. The number of rotatable bonds is 1. The van der Waals surface area contributed by atoms with Crippen molar-refractivity contribution in [2.45, 2.75) is 25.4 Å². The molecule has 1 saturated heterocycles. The molecular formula is C15H21NO3. The highest BCUT2D eigenvalue weighted by molar-refractivity contribution is 5.45. The maximum absolute atomic E-state index is 10.9. The third-order valence-electron chi connectivity index (χ3n) is 4.20. The number of piperidine rings is 1. The van der Waals surface area contributed by atoms with Gasteiger partial charge in [-0.05, 0) is 30.7 Å². The lowest BCUT2D eigenvalue weighted by Gasteiger charge is -2.39. The van der Waals surface area contributed by atoms with Crippen molar-refractivity contribution in [1.82, 2.24) is 5.32 Å². The number of ether oxygens (including phenoxy) is 2. The van der Waals surface area contributed by atoms with Gasteiger partial charge in [0.15, 0.2) is 11.5 Å². The highest BCUT2D eigenvalue weighted by Crippen LogP contribution is 2.39.